The Labute approximate surface area is 91.2 Å². The minimum Gasteiger partial charge on any atom is -0.0939 e. The molecule has 94 valence electrons. The van der Waals surface area contributed by atoms with Gasteiger partial charge in [-0.2, -0.15) is 0 Å². The molecule has 0 spiro atoms. The zero-order chi connectivity index (χ0) is 12.4. The van der Waals surface area contributed by atoms with Crippen molar-refractivity contribution in [3.05, 3.63) is 9.94 Å². The molecular formula is C8H14ClF5S. The molecule has 0 bridgehead atoms. The van der Waals surface area contributed by atoms with Crippen molar-refractivity contribution in [1.82, 2.24) is 0 Å². The molecule has 0 atom stereocenters. The number of allylic oxidation sites excluding steroid dienone is 2. The van der Waals surface area contributed by atoms with Crippen LogP contribution in [-0.4, -0.2) is 0 Å². The molecule has 0 unspecified atom stereocenters. The number of hydrogen-bond acceptors (Lipinski definition) is 0. The quantitative estimate of drug-likeness (QED) is 0.513. The Kier molecular flexibility index (Phi) is 3.81. The van der Waals surface area contributed by atoms with E-state index in [9.17, 15) is 19.4 Å². The van der Waals surface area contributed by atoms with Gasteiger partial charge in [0, 0.05) is 5.03 Å². The highest BCUT2D eigenvalue weighted by molar-refractivity contribution is 8.48. The van der Waals surface area contributed by atoms with Gasteiger partial charge in [-0.05, 0) is 12.8 Å². The maximum Gasteiger partial charge on any atom is 0.308 e. The largest absolute Gasteiger partial charge is 0.308 e. The summed E-state index contributed by atoms with van der Waals surface area (Å²) in [4.78, 5) is -1.80. The van der Waals surface area contributed by atoms with Gasteiger partial charge in [0.25, 0.3) is 0 Å². The van der Waals surface area contributed by atoms with Crippen molar-refractivity contribution in [1.29, 1.82) is 0 Å². The monoisotopic (exact) mass is 272 g/mol. The summed E-state index contributed by atoms with van der Waals surface area (Å²) in [6, 6.07) is 0. The van der Waals surface area contributed by atoms with Gasteiger partial charge in [0.2, 0.25) is 0 Å². The SMILES string of the molecule is CCC/C(Cl)=C(/CCC)S(F)(F)(F)(F)F. The summed E-state index contributed by atoms with van der Waals surface area (Å²) in [5, 5.41) is -0.751. The van der Waals surface area contributed by atoms with Crippen LogP contribution in [0.5, 0.6) is 0 Å². The fourth-order valence-electron chi connectivity index (χ4n) is 1.12. The fraction of sp³-hybridized carbons (Fsp3) is 0.750. The Hall–Kier alpha value is 0.0300. The average Bonchev–Trinajstić information content (AvgIpc) is 1.95. The summed E-state index contributed by atoms with van der Waals surface area (Å²) >= 11 is 5.30. The van der Waals surface area contributed by atoms with E-state index in [1.807, 2.05) is 0 Å². The molecule has 15 heavy (non-hydrogen) atoms. The molecule has 0 aliphatic carbocycles. The topological polar surface area (TPSA) is 0 Å². The molecule has 0 fully saturated rings. The van der Waals surface area contributed by atoms with Gasteiger partial charge in [-0.25, -0.2) is 0 Å². The van der Waals surface area contributed by atoms with Crippen LogP contribution in [0.15, 0.2) is 9.94 Å². The molecule has 0 rings (SSSR count). The number of rotatable bonds is 5. The molecule has 0 saturated heterocycles. The molecule has 0 aliphatic heterocycles. The molecule has 7 heteroatoms. The highest BCUT2D eigenvalue weighted by atomic mass is 35.5. The summed E-state index contributed by atoms with van der Waals surface area (Å²) in [5.41, 5.74) is 0. The summed E-state index contributed by atoms with van der Waals surface area (Å²) in [5.74, 6) is 0. The fourth-order valence-corrected chi connectivity index (χ4v) is 2.96. The lowest BCUT2D eigenvalue weighted by Crippen LogP contribution is -2.10. The molecular weight excluding hydrogens is 259 g/mol. The first-order valence-corrected chi connectivity index (χ1v) is 6.87. The normalized spacial score (nSPS) is 19.2. The molecule has 0 saturated carbocycles. The highest BCUT2D eigenvalue weighted by Crippen LogP contribution is 3.03. The van der Waals surface area contributed by atoms with Crippen LogP contribution in [0.25, 0.3) is 0 Å². The van der Waals surface area contributed by atoms with Crippen LogP contribution in [0.3, 0.4) is 0 Å². The minimum absolute atomic E-state index is 0.0130. The van der Waals surface area contributed by atoms with Crippen LogP contribution < -0.4 is 0 Å². The van der Waals surface area contributed by atoms with E-state index in [0.29, 0.717) is 6.42 Å². The number of halogens is 6. The van der Waals surface area contributed by atoms with Gasteiger partial charge in [0.05, 0.1) is 4.91 Å². The lowest BCUT2D eigenvalue weighted by atomic mass is 10.2. The second kappa shape index (κ2) is 3.80. The van der Waals surface area contributed by atoms with Gasteiger partial charge in [-0.15, -0.1) is 0 Å². The van der Waals surface area contributed by atoms with Crippen LogP contribution in [0.1, 0.15) is 39.5 Å². The average molecular weight is 273 g/mol. The van der Waals surface area contributed by atoms with E-state index in [2.05, 4.69) is 0 Å². The first kappa shape index (κ1) is 15.0. The second-order valence-electron chi connectivity index (χ2n) is 3.30. The van der Waals surface area contributed by atoms with E-state index >= 15 is 0 Å². The van der Waals surface area contributed by atoms with Crippen LogP contribution >= 0.6 is 21.8 Å². The molecule has 0 aromatic carbocycles. The third-order valence-corrected chi connectivity index (χ3v) is 3.63. The van der Waals surface area contributed by atoms with Crippen molar-refractivity contribution in [2.75, 3.05) is 0 Å². The second-order valence-corrected chi connectivity index (χ2v) is 6.18. The number of hydrogen-bond donors (Lipinski definition) is 0. The van der Waals surface area contributed by atoms with E-state index in [0.717, 1.165) is 0 Å². The van der Waals surface area contributed by atoms with Crippen molar-refractivity contribution in [3.8, 4) is 0 Å². The molecule has 0 aromatic heterocycles. The van der Waals surface area contributed by atoms with Gasteiger partial charge in [-0.1, -0.05) is 57.7 Å². The summed E-state index contributed by atoms with van der Waals surface area (Å²) in [6.07, 6.45) is -0.597. The molecule has 0 N–H and O–H groups in total. The Morgan fingerprint density at radius 1 is 0.933 bits per heavy atom. The van der Waals surface area contributed by atoms with E-state index in [-0.39, 0.29) is 12.8 Å². The molecule has 0 heterocycles. The van der Waals surface area contributed by atoms with Crippen LogP contribution in [-0.2, 0) is 0 Å². The molecule has 0 amide bonds. The first-order chi connectivity index (χ1) is 6.42. The van der Waals surface area contributed by atoms with Crippen LogP contribution in [0, 0.1) is 0 Å². The van der Waals surface area contributed by atoms with Crippen molar-refractivity contribution in [2.45, 2.75) is 39.5 Å². The van der Waals surface area contributed by atoms with Crippen molar-refractivity contribution in [2.24, 2.45) is 0 Å². The minimum atomic E-state index is -9.56. The molecule has 0 aliphatic rings. The molecule has 0 radical (unpaired) electrons. The van der Waals surface area contributed by atoms with Gasteiger partial charge >= 0.3 is 10.2 Å². The summed E-state index contributed by atoms with van der Waals surface area (Å²) in [6.45, 7) is 2.98. The third kappa shape index (κ3) is 5.06. The predicted molar refractivity (Wildman–Crippen MR) is 55.8 cm³/mol. The third-order valence-electron chi connectivity index (χ3n) is 1.71. The zero-order valence-corrected chi connectivity index (χ0v) is 10.1. The predicted octanol–water partition coefficient (Wildman–Crippen LogP) is 6.34. The lowest BCUT2D eigenvalue weighted by molar-refractivity contribution is 0.374. The van der Waals surface area contributed by atoms with Crippen LogP contribution in [0.4, 0.5) is 19.4 Å². The van der Waals surface area contributed by atoms with Crippen molar-refractivity contribution < 1.29 is 19.4 Å². The van der Waals surface area contributed by atoms with Crippen molar-refractivity contribution in [3.63, 3.8) is 0 Å². The van der Waals surface area contributed by atoms with Crippen molar-refractivity contribution >= 4 is 21.8 Å². The van der Waals surface area contributed by atoms with Crippen LogP contribution in [0.2, 0.25) is 0 Å². The smallest absolute Gasteiger partial charge is 0.0939 e. The maximum absolute atomic E-state index is 12.5. The Balaban J connectivity index is 5.45. The maximum atomic E-state index is 12.5. The first-order valence-electron chi connectivity index (χ1n) is 4.54. The van der Waals surface area contributed by atoms with Gasteiger partial charge in [0.1, 0.15) is 0 Å². The summed E-state index contributed by atoms with van der Waals surface area (Å²) in [7, 11) is -9.56. The molecule has 0 aromatic rings. The van der Waals surface area contributed by atoms with Gasteiger partial charge < -0.3 is 0 Å². The Morgan fingerprint density at radius 3 is 1.60 bits per heavy atom. The zero-order valence-electron chi connectivity index (χ0n) is 8.50. The van der Waals surface area contributed by atoms with E-state index in [1.165, 1.54) is 6.92 Å². The highest BCUT2D eigenvalue weighted by Gasteiger charge is 2.67. The Bertz CT molecular complexity index is 265. The molecule has 0 nitrogen and oxygen atoms in total. The van der Waals surface area contributed by atoms with E-state index < -0.39 is 26.6 Å². The van der Waals surface area contributed by atoms with E-state index in [1.54, 1.807) is 6.92 Å². The lowest BCUT2D eigenvalue weighted by Gasteiger charge is -2.43. The Morgan fingerprint density at radius 2 is 1.33 bits per heavy atom. The van der Waals surface area contributed by atoms with Gasteiger partial charge in [0.15, 0.2) is 0 Å². The van der Waals surface area contributed by atoms with E-state index in [4.69, 9.17) is 11.6 Å². The van der Waals surface area contributed by atoms with Gasteiger partial charge in [-0.3, -0.25) is 0 Å². The summed E-state index contributed by atoms with van der Waals surface area (Å²) < 4.78 is 62.5. The standard InChI is InChI=1S/C8H14ClF5S/c1-3-5-7(9)8(6-4-2)15(10,11,12,13)14/h3-6H2,1-2H3/b8-7+.